The van der Waals surface area contributed by atoms with Gasteiger partial charge < -0.3 is 0 Å². The van der Waals surface area contributed by atoms with Gasteiger partial charge in [-0.25, -0.2) is 12.8 Å². The van der Waals surface area contributed by atoms with Gasteiger partial charge in [-0.1, -0.05) is 39.8 Å². The van der Waals surface area contributed by atoms with Crippen LogP contribution in [0, 0.1) is 5.82 Å². The van der Waals surface area contributed by atoms with Crippen LogP contribution in [0.4, 0.5) is 4.39 Å². The number of halogens is 1. The van der Waals surface area contributed by atoms with E-state index < -0.39 is 9.84 Å². The average molecular weight is 334 g/mol. The van der Waals surface area contributed by atoms with Crippen LogP contribution in [0.2, 0.25) is 0 Å². The van der Waals surface area contributed by atoms with Crippen LogP contribution in [0.25, 0.3) is 11.1 Å². The van der Waals surface area contributed by atoms with E-state index in [9.17, 15) is 12.8 Å². The van der Waals surface area contributed by atoms with E-state index >= 15 is 0 Å². The monoisotopic (exact) mass is 334 g/mol. The molecule has 0 spiro atoms. The Morgan fingerprint density at radius 3 is 1.78 bits per heavy atom. The van der Waals surface area contributed by atoms with E-state index in [2.05, 4.69) is 0 Å². The van der Waals surface area contributed by atoms with E-state index in [-0.39, 0.29) is 22.5 Å². The zero-order valence-electron chi connectivity index (χ0n) is 14.2. The summed E-state index contributed by atoms with van der Waals surface area (Å²) in [5.41, 5.74) is 3.60. The lowest BCUT2D eigenvalue weighted by Gasteiger charge is -2.19. The van der Waals surface area contributed by atoms with Gasteiger partial charge in [0.1, 0.15) is 5.82 Å². The van der Waals surface area contributed by atoms with Gasteiger partial charge in [-0.15, -0.1) is 0 Å². The zero-order chi connectivity index (χ0) is 17.4. The summed E-state index contributed by atoms with van der Waals surface area (Å²) >= 11 is 0. The Bertz CT molecular complexity index is 821. The smallest absolute Gasteiger partial charge is 0.175 e. The zero-order valence-corrected chi connectivity index (χ0v) is 15.0. The van der Waals surface area contributed by atoms with Crippen LogP contribution >= 0.6 is 0 Å². The van der Waals surface area contributed by atoms with Gasteiger partial charge in [0.2, 0.25) is 0 Å². The topological polar surface area (TPSA) is 34.1 Å². The maximum atomic E-state index is 13.8. The SMILES string of the molecule is CC(C)c1ccc(F)cc1-c1cc(S(C)(=O)=O)ccc1C(C)C. The van der Waals surface area contributed by atoms with Crippen LogP contribution in [0.1, 0.15) is 50.7 Å². The number of hydrogen-bond acceptors (Lipinski definition) is 2. The van der Waals surface area contributed by atoms with Crippen molar-refractivity contribution in [1.29, 1.82) is 0 Å². The van der Waals surface area contributed by atoms with Crippen LogP contribution in [0.15, 0.2) is 41.3 Å². The van der Waals surface area contributed by atoms with Crippen LogP contribution in [0.5, 0.6) is 0 Å². The molecule has 0 aliphatic heterocycles. The molecule has 0 aromatic heterocycles. The van der Waals surface area contributed by atoms with E-state index in [4.69, 9.17) is 0 Å². The molecule has 0 saturated heterocycles. The molecule has 2 rings (SSSR count). The first-order valence-corrected chi connectivity index (χ1v) is 9.64. The summed E-state index contributed by atoms with van der Waals surface area (Å²) in [5.74, 6) is 0.109. The Kier molecular flexibility index (Phi) is 4.95. The number of rotatable bonds is 4. The van der Waals surface area contributed by atoms with E-state index in [1.165, 1.54) is 18.4 Å². The molecule has 0 aliphatic rings. The molecular weight excluding hydrogens is 311 g/mol. The predicted octanol–water partition coefficient (Wildman–Crippen LogP) is 5.14. The van der Waals surface area contributed by atoms with Crippen molar-refractivity contribution in [2.75, 3.05) is 6.26 Å². The highest BCUT2D eigenvalue weighted by Crippen LogP contribution is 2.36. The van der Waals surface area contributed by atoms with Crippen molar-refractivity contribution in [3.8, 4) is 11.1 Å². The summed E-state index contributed by atoms with van der Waals surface area (Å²) in [6, 6.07) is 9.88. The van der Waals surface area contributed by atoms with E-state index in [1.54, 1.807) is 18.2 Å². The fourth-order valence-electron chi connectivity index (χ4n) is 2.77. The third-order valence-corrected chi connectivity index (χ3v) is 5.11. The lowest BCUT2D eigenvalue weighted by atomic mass is 9.87. The molecule has 4 heteroatoms. The van der Waals surface area contributed by atoms with E-state index in [0.717, 1.165) is 22.3 Å². The minimum absolute atomic E-state index is 0.210. The molecule has 0 radical (unpaired) electrons. The van der Waals surface area contributed by atoms with Crippen LogP contribution < -0.4 is 0 Å². The van der Waals surface area contributed by atoms with Crippen LogP contribution in [-0.2, 0) is 9.84 Å². The molecule has 0 N–H and O–H groups in total. The standard InChI is InChI=1S/C19H23FO2S/c1-12(2)16-8-6-14(20)10-18(16)19-11-15(23(5,21)22)7-9-17(19)13(3)4/h6-13H,1-5H3. The molecule has 23 heavy (non-hydrogen) atoms. The molecule has 0 amide bonds. The summed E-state index contributed by atoms with van der Waals surface area (Å²) in [6.07, 6.45) is 1.19. The quantitative estimate of drug-likeness (QED) is 0.775. The van der Waals surface area contributed by atoms with E-state index in [1.807, 2.05) is 33.8 Å². The molecule has 0 atom stereocenters. The lowest BCUT2D eigenvalue weighted by Crippen LogP contribution is -2.02. The summed E-state index contributed by atoms with van der Waals surface area (Å²) in [5, 5.41) is 0. The molecule has 2 nitrogen and oxygen atoms in total. The Balaban J connectivity index is 2.83. The van der Waals surface area contributed by atoms with Crippen molar-refractivity contribution >= 4 is 9.84 Å². The third-order valence-electron chi connectivity index (χ3n) is 4.00. The molecule has 0 unspecified atom stereocenters. The van der Waals surface area contributed by atoms with Crippen molar-refractivity contribution < 1.29 is 12.8 Å². The summed E-state index contributed by atoms with van der Waals surface area (Å²) in [7, 11) is -3.31. The van der Waals surface area contributed by atoms with Gasteiger partial charge in [-0.05, 0) is 58.4 Å². The summed E-state index contributed by atoms with van der Waals surface area (Å²) < 4.78 is 37.7. The fourth-order valence-corrected chi connectivity index (χ4v) is 3.42. The van der Waals surface area contributed by atoms with Gasteiger partial charge in [0.15, 0.2) is 9.84 Å². The Morgan fingerprint density at radius 2 is 1.30 bits per heavy atom. The first kappa shape index (κ1) is 17.7. The highest BCUT2D eigenvalue weighted by molar-refractivity contribution is 7.90. The highest BCUT2D eigenvalue weighted by Gasteiger charge is 2.18. The first-order chi connectivity index (χ1) is 10.6. The van der Waals surface area contributed by atoms with Crippen LogP contribution in [0.3, 0.4) is 0 Å². The Labute approximate surface area is 138 Å². The molecule has 0 aliphatic carbocycles. The number of benzene rings is 2. The van der Waals surface area contributed by atoms with Crippen molar-refractivity contribution in [3.05, 3.63) is 53.3 Å². The first-order valence-electron chi connectivity index (χ1n) is 7.75. The Morgan fingerprint density at radius 1 is 0.826 bits per heavy atom. The maximum absolute atomic E-state index is 13.8. The molecule has 0 fully saturated rings. The number of sulfone groups is 1. The van der Waals surface area contributed by atoms with Crippen molar-refractivity contribution in [1.82, 2.24) is 0 Å². The third kappa shape index (κ3) is 3.81. The van der Waals surface area contributed by atoms with Crippen LogP contribution in [-0.4, -0.2) is 14.7 Å². The van der Waals surface area contributed by atoms with Gasteiger partial charge >= 0.3 is 0 Å². The molecule has 2 aromatic carbocycles. The van der Waals surface area contributed by atoms with Gasteiger partial charge in [-0.3, -0.25) is 0 Å². The van der Waals surface area contributed by atoms with Crippen molar-refractivity contribution in [2.45, 2.75) is 44.4 Å². The second kappa shape index (κ2) is 6.44. The van der Waals surface area contributed by atoms with E-state index in [0.29, 0.717) is 0 Å². The number of hydrogen-bond donors (Lipinski definition) is 0. The molecule has 0 saturated carbocycles. The van der Waals surface area contributed by atoms with Gasteiger partial charge in [-0.2, -0.15) is 0 Å². The summed E-state index contributed by atoms with van der Waals surface area (Å²) in [6.45, 7) is 8.19. The largest absolute Gasteiger partial charge is 0.224 e. The van der Waals surface area contributed by atoms with Gasteiger partial charge in [0, 0.05) is 6.26 Å². The van der Waals surface area contributed by atoms with Crippen molar-refractivity contribution in [3.63, 3.8) is 0 Å². The highest BCUT2D eigenvalue weighted by atomic mass is 32.2. The average Bonchev–Trinajstić information content (AvgIpc) is 2.45. The normalized spacial score (nSPS) is 12.2. The second-order valence-corrected chi connectivity index (χ2v) is 8.58. The maximum Gasteiger partial charge on any atom is 0.175 e. The lowest BCUT2D eigenvalue weighted by molar-refractivity contribution is 0.602. The predicted molar refractivity (Wildman–Crippen MR) is 93.1 cm³/mol. The Hall–Kier alpha value is -1.68. The molecule has 124 valence electrons. The molecular formula is C19H23FO2S. The molecule has 2 aromatic rings. The minimum Gasteiger partial charge on any atom is -0.224 e. The molecule has 0 heterocycles. The second-order valence-electron chi connectivity index (χ2n) is 6.56. The van der Waals surface area contributed by atoms with Gasteiger partial charge in [0.05, 0.1) is 4.90 Å². The van der Waals surface area contributed by atoms with Gasteiger partial charge in [0.25, 0.3) is 0 Å². The summed E-state index contributed by atoms with van der Waals surface area (Å²) in [4.78, 5) is 0.260. The fraction of sp³-hybridized carbons (Fsp3) is 0.368. The minimum atomic E-state index is -3.31. The van der Waals surface area contributed by atoms with Crippen molar-refractivity contribution in [2.24, 2.45) is 0 Å². The molecule has 0 bridgehead atoms.